The average Bonchev–Trinajstić information content (AvgIpc) is 2.97. The molecule has 2 aromatic carbocycles. The maximum absolute atomic E-state index is 12.4. The van der Waals surface area contributed by atoms with Crippen LogP contribution in [0.3, 0.4) is 0 Å². The Morgan fingerprint density at radius 3 is 2.60 bits per heavy atom. The molecule has 0 spiro atoms. The van der Waals surface area contributed by atoms with E-state index in [0.717, 1.165) is 5.56 Å². The second-order valence-electron chi connectivity index (χ2n) is 6.56. The molecule has 1 heterocycles. The Hall–Kier alpha value is -2.68. The second-order valence-corrected chi connectivity index (χ2v) is 7.71. The fourth-order valence-electron chi connectivity index (χ4n) is 2.80. The number of carbonyl (C=O) groups is 2. The zero-order chi connectivity index (χ0) is 21.8. The van der Waals surface area contributed by atoms with Gasteiger partial charge in [-0.15, -0.1) is 0 Å². The number of aromatic nitrogens is 3. The number of nitrogens with one attached hydrogen (secondary N) is 2. The van der Waals surface area contributed by atoms with Crippen molar-refractivity contribution in [3.05, 3.63) is 74.2 Å². The molecule has 7 nitrogen and oxygen atoms in total. The van der Waals surface area contributed by atoms with E-state index in [1.165, 1.54) is 4.68 Å². The average molecular weight is 464 g/mol. The maximum atomic E-state index is 12.4. The fraction of sp³-hybridized carbons (Fsp3) is 0.200. The fourth-order valence-corrected chi connectivity index (χ4v) is 3.36. The van der Waals surface area contributed by atoms with Gasteiger partial charge >= 0.3 is 0 Å². The lowest BCUT2D eigenvalue weighted by Gasteiger charge is -2.08. The third-order valence-corrected chi connectivity index (χ3v) is 5.75. The first-order valence-electron chi connectivity index (χ1n) is 8.98. The van der Waals surface area contributed by atoms with Crippen LogP contribution in [0.4, 0.5) is 5.69 Å². The first-order valence-corrected chi connectivity index (χ1v) is 10.1. The summed E-state index contributed by atoms with van der Waals surface area (Å²) in [6.45, 7) is 1.93. The summed E-state index contributed by atoms with van der Waals surface area (Å²) in [7, 11) is 1.73. The number of nitrogens with zero attached hydrogens (tertiary/aromatic N) is 3. The van der Waals surface area contributed by atoms with Crippen molar-refractivity contribution in [2.75, 3.05) is 5.32 Å². The Kier molecular flexibility index (Phi) is 6.91. The SMILES string of the molecule is Cc1ccccc1C(=O)NCc1nn(CC(=O)Nc2cccc(Cl)c2Cl)c(=S)n1C. The van der Waals surface area contributed by atoms with Gasteiger partial charge < -0.3 is 15.2 Å². The first-order chi connectivity index (χ1) is 14.3. The Morgan fingerprint density at radius 1 is 1.13 bits per heavy atom. The Bertz CT molecular complexity index is 1170. The van der Waals surface area contributed by atoms with Gasteiger partial charge in [-0.2, -0.15) is 5.10 Å². The molecule has 10 heteroatoms. The summed E-state index contributed by atoms with van der Waals surface area (Å²) < 4.78 is 3.38. The highest BCUT2D eigenvalue weighted by atomic mass is 35.5. The molecule has 30 heavy (non-hydrogen) atoms. The summed E-state index contributed by atoms with van der Waals surface area (Å²) in [5.74, 6) is -0.0405. The number of aryl methyl sites for hydroxylation is 1. The monoisotopic (exact) mass is 463 g/mol. The van der Waals surface area contributed by atoms with Crippen molar-refractivity contribution in [2.24, 2.45) is 7.05 Å². The molecule has 0 atom stereocenters. The topological polar surface area (TPSA) is 80.9 Å². The van der Waals surface area contributed by atoms with Crippen LogP contribution in [0, 0.1) is 11.7 Å². The number of carbonyl (C=O) groups excluding carboxylic acids is 2. The van der Waals surface area contributed by atoms with Gasteiger partial charge in [-0.3, -0.25) is 9.59 Å². The lowest BCUT2D eigenvalue weighted by molar-refractivity contribution is -0.116. The number of hydrogen-bond donors (Lipinski definition) is 2. The summed E-state index contributed by atoms with van der Waals surface area (Å²) in [4.78, 5) is 24.8. The third kappa shape index (κ3) is 4.89. The maximum Gasteiger partial charge on any atom is 0.251 e. The summed E-state index contributed by atoms with van der Waals surface area (Å²) >= 11 is 17.4. The lowest BCUT2D eigenvalue weighted by atomic mass is 10.1. The van der Waals surface area contributed by atoms with Gasteiger partial charge in [0, 0.05) is 12.6 Å². The minimum absolute atomic E-state index is 0.110. The van der Waals surface area contributed by atoms with E-state index in [4.69, 9.17) is 35.4 Å². The minimum Gasteiger partial charge on any atom is -0.345 e. The van der Waals surface area contributed by atoms with Crippen LogP contribution in [0.1, 0.15) is 21.7 Å². The van der Waals surface area contributed by atoms with Gasteiger partial charge in [0.25, 0.3) is 5.91 Å². The van der Waals surface area contributed by atoms with Gasteiger partial charge in [-0.25, -0.2) is 4.68 Å². The predicted molar refractivity (Wildman–Crippen MR) is 119 cm³/mol. The Morgan fingerprint density at radius 2 is 1.87 bits per heavy atom. The van der Waals surface area contributed by atoms with Crippen LogP contribution < -0.4 is 10.6 Å². The predicted octanol–water partition coefficient (Wildman–Crippen LogP) is 4.14. The van der Waals surface area contributed by atoms with Crippen molar-refractivity contribution in [3.8, 4) is 0 Å². The lowest BCUT2D eigenvalue weighted by Crippen LogP contribution is -2.25. The van der Waals surface area contributed by atoms with Crippen LogP contribution in [0.15, 0.2) is 42.5 Å². The molecule has 0 aliphatic carbocycles. The van der Waals surface area contributed by atoms with E-state index in [2.05, 4.69) is 15.7 Å². The molecular weight excluding hydrogens is 445 g/mol. The molecule has 3 rings (SSSR count). The molecular formula is C20H19Cl2N5O2S. The van der Waals surface area contributed by atoms with E-state index < -0.39 is 0 Å². The summed E-state index contributed by atoms with van der Waals surface area (Å²) in [6, 6.07) is 12.3. The molecule has 0 saturated heterocycles. The van der Waals surface area contributed by atoms with Crippen LogP contribution in [-0.2, 0) is 24.9 Å². The number of benzene rings is 2. The van der Waals surface area contributed by atoms with E-state index in [-0.39, 0.29) is 29.9 Å². The zero-order valence-corrected chi connectivity index (χ0v) is 18.6. The standard InChI is InChI=1S/C20H19Cl2N5O2S/c1-12-6-3-4-7-13(12)19(29)23-10-16-25-27(20(30)26(16)2)11-17(28)24-15-9-5-8-14(21)18(15)22/h3-9H,10-11H2,1-2H3,(H,23,29)(H,24,28). The number of rotatable bonds is 6. The van der Waals surface area contributed by atoms with Gasteiger partial charge in [-0.05, 0) is 42.9 Å². The van der Waals surface area contributed by atoms with Gasteiger partial charge in [0.05, 0.1) is 22.3 Å². The van der Waals surface area contributed by atoms with Gasteiger partial charge in [0.2, 0.25) is 5.91 Å². The van der Waals surface area contributed by atoms with Gasteiger partial charge in [0.1, 0.15) is 6.54 Å². The molecule has 0 fully saturated rings. The van der Waals surface area contributed by atoms with Crippen molar-refractivity contribution >= 4 is 52.9 Å². The van der Waals surface area contributed by atoms with Crippen molar-refractivity contribution in [1.82, 2.24) is 19.7 Å². The first kappa shape index (κ1) is 22.0. The molecule has 2 N–H and O–H groups in total. The molecule has 2 amide bonds. The van der Waals surface area contributed by atoms with E-state index in [9.17, 15) is 9.59 Å². The highest BCUT2D eigenvalue weighted by molar-refractivity contribution is 7.71. The van der Waals surface area contributed by atoms with Gasteiger partial charge in [-0.1, -0.05) is 47.5 Å². The van der Waals surface area contributed by atoms with E-state index in [1.807, 2.05) is 25.1 Å². The van der Waals surface area contributed by atoms with E-state index >= 15 is 0 Å². The molecule has 0 saturated carbocycles. The molecule has 0 radical (unpaired) electrons. The molecule has 0 aliphatic rings. The van der Waals surface area contributed by atoms with Crippen molar-refractivity contribution in [3.63, 3.8) is 0 Å². The smallest absolute Gasteiger partial charge is 0.251 e. The van der Waals surface area contributed by atoms with Crippen LogP contribution >= 0.6 is 35.4 Å². The Balaban J connectivity index is 1.68. The van der Waals surface area contributed by atoms with E-state index in [0.29, 0.717) is 26.9 Å². The quantitative estimate of drug-likeness (QED) is 0.538. The van der Waals surface area contributed by atoms with Crippen LogP contribution in [-0.4, -0.2) is 26.2 Å². The summed E-state index contributed by atoms with van der Waals surface area (Å²) in [5.41, 5.74) is 1.88. The third-order valence-electron chi connectivity index (χ3n) is 4.45. The molecule has 0 bridgehead atoms. The number of anilines is 1. The largest absolute Gasteiger partial charge is 0.345 e. The number of hydrogen-bond acceptors (Lipinski definition) is 4. The Labute approximate surface area is 188 Å². The number of halogens is 2. The van der Waals surface area contributed by atoms with Crippen molar-refractivity contribution in [2.45, 2.75) is 20.0 Å². The summed E-state index contributed by atoms with van der Waals surface area (Å²) in [5, 5.41) is 10.5. The van der Waals surface area contributed by atoms with Crippen LogP contribution in [0.2, 0.25) is 10.0 Å². The molecule has 0 unspecified atom stereocenters. The summed E-state index contributed by atoms with van der Waals surface area (Å²) in [6.07, 6.45) is 0. The molecule has 3 aromatic rings. The zero-order valence-electron chi connectivity index (χ0n) is 16.3. The minimum atomic E-state index is -0.358. The highest BCUT2D eigenvalue weighted by Gasteiger charge is 2.14. The van der Waals surface area contributed by atoms with Crippen molar-refractivity contribution in [1.29, 1.82) is 0 Å². The highest BCUT2D eigenvalue weighted by Crippen LogP contribution is 2.29. The normalized spacial score (nSPS) is 10.7. The molecule has 1 aromatic heterocycles. The second kappa shape index (κ2) is 9.42. The van der Waals surface area contributed by atoms with Crippen molar-refractivity contribution < 1.29 is 9.59 Å². The molecule has 0 aliphatic heterocycles. The number of amides is 2. The van der Waals surface area contributed by atoms with Gasteiger partial charge in [0.15, 0.2) is 10.6 Å². The molecule has 156 valence electrons. The van der Waals surface area contributed by atoms with Crippen LogP contribution in [0.25, 0.3) is 0 Å². The van der Waals surface area contributed by atoms with E-state index in [1.54, 1.807) is 35.9 Å². The van der Waals surface area contributed by atoms with Crippen LogP contribution in [0.5, 0.6) is 0 Å².